The van der Waals surface area contributed by atoms with Gasteiger partial charge in [-0.2, -0.15) is 0 Å². The van der Waals surface area contributed by atoms with Crippen LogP contribution in [0.5, 0.6) is 0 Å². The molecule has 17 heavy (non-hydrogen) atoms. The summed E-state index contributed by atoms with van der Waals surface area (Å²) in [4.78, 5) is 34.4. The van der Waals surface area contributed by atoms with Crippen molar-refractivity contribution in [2.45, 2.75) is 0 Å². The molecule has 0 aliphatic carbocycles. The Balaban J connectivity index is 2.34. The number of rotatable bonds is 4. The van der Waals surface area contributed by atoms with Crippen LogP contribution in [0.3, 0.4) is 0 Å². The Hall–Kier alpha value is -1.89. The highest BCUT2D eigenvalue weighted by Gasteiger charge is 2.21. The molecule has 1 amide bonds. The van der Waals surface area contributed by atoms with Crippen molar-refractivity contribution in [1.82, 2.24) is 4.90 Å². The van der Waals surface area contributed by atoms with Gasteiger partial charge in [-0.15, -0.1) is 0 Å². The third-order valence-corrected chi connectivity index (χ3v) is 2.20. The van der Waals surface area contributed by atoms with Crippen molar-refractivity contribution >= 4 is 17.8 Å². The van der Waals surface area contributed by atoms with Crippen LogP contribution in [0.2, 0.25) is 0 Å². The van der Waals surface area contributed by atoms with E-state index < -0.39 is 24.1 Å². The maximum atomic E-state index is 11.5. The summed E-state index contributed by atoms with van der Waals surface area (Å²) in [7, 11) is 0. The first kappa shape index (κ1) is 13.2. The van der Waals surface area contributed by atoms with E-state index in [-0.39, 0.29) is 5.91 Å². The van der Waals surface area contributed by atoms with Crippen molar-refractivity contribution in [3.63, 3.8) is 0 Å². The number of carboxylic acids is 1. The lowest BCUT2D eigenvalue weighted by Gasteiger charge is -2.26. The van der Waals surface area contributed by atoms with E-state index in [1.807, 2.05) is 0 Å². The molecule has 0 bridgehead atoms. The monoisotopic (exact) mass is 243 g/mol. The summed E-state index contributed by atoms with van der Waals surface area (Å²) in [5.41, 5.74) is -0.695. The van der Waals surface area contributed by atoms with E-state index in [1.165, 1.54) is 4.90 Å². The number of ether oxygens (including phenoxy) is 2. The summed E-state index contributed by atoms with van der Waals surface area (Å²) in [5, 5.41) is 8.45. The molecular formula is C10H13NO6. The lowest BCUT2D eigenvalue weighted by atomic mass is 10.3. The molecule has 0 aromatic carbocycles. The Bertz CT molecular complexity index is 345. The van der Waals surface area contributed by atoms with Gasteiger partial charge in [0.15, 0.2) is 6.61 Å². The predicted molar refractivity (Wildman–Crippen MR) is 55.1 cm³/mol. The highest BCUT2D eigenvalue weighted by Crippen LogP contribution is 2.00. The lowest BCUT2D eigenvalue weighted by Crippen LogP contribution is -2.42. The minimum atomic E-state index is -1.46. The van der Waals surface area contributed by atoms with E-state index >= 15 is 0 Å². The fourth-order valence-electron chi connectivity index (χ4n) is 1.21. The van der Waals surface area contributed by atoms with Crippen molar-refractivity contribution < 1.29 is 29.0 Å². The maximum Gasteiger partial charge on any atom is 0.345 e. The lowest BCUT2D eigenvalue weighted by molar-refractivity contribution is -0.152. The van der Waals surface area contributed by atoms with Gasteiger partial charge < -0.3 is 19.5 Å². The summed E-state index contributed by atoms with van der Waals surface area (Å²) < 4.78 is 9.58. The zero-order valence-corrected chi connectivity index (χ0v) is 9.18. The molecule has 1 N–H and O–H groups in total. The Labute approximate surface area is 97.6 Å². The molecule has 0 unspecified atom stereocenters. The van der Waals surface area contributed by atoms with Gasteiger partial charge in [-0.05, 0) is 0 Å². The Morgan fingerprint density at radius 3 is 2.41 bits per heavy atom. The molecule has 0 radical (unpaired) electrons. The number of esters is 1. The average molecular weight is 243 g/mol. The third kappa shape index (κ3) is 3.87. The summed E-state index contributed by atoms with van der Waals surface area (Å²) in [5.74, 6) is -2.94. The second-order valence-electron chi connectivity index (χ2n) is 3.35. The molecular weight excluding hydrogens is 230 g/mol. The van der Waals surface area contributed by atoms with Gasteiger partial charge in [0, 0.05) is 13.1 Å². The molecule has 1 heterocycles. The van der Waals surface area contributed by atoms with Gasteiger partial charge >= 0.3 is 11.9 Å². The Morgan fingerprint density at radius 1 is 1.29 bits per heavy atom. The number of hydrogen-bond acceptors (Lipinski definition) is 5. The number of aliphatic carboxylic acids is 1. The van der Waals surface area contributed by atoms with E-state index in [0.29, 0.717) is 26.3 Å². The molecule has 1 fully saturated rings. The van der Waals surface area contributed by atoms with Gasteiger partial charge in [0.1, 0.15) is 5.57 Å². The van der Waals surface area contributed by atoms with Crippen molar-refractivity contribution in [3.8, 4) is 0 Å². The summed E-state index contributed by atoms with van der Waals surface area (Å²) in [6.45, 7) is 4.32. The van der Waals surface area contributed by atoms with Crippen molar-refractivity contribution in [1.29, 1.82) is 0 Å². The van der Waals surface area contributed by atoms with E-state index in [2.05, 4.69) is 11.3 Å². The largest absolute Gasteiger partial charge is 0.477 e. The standard InChI is InChI=1S/C10H13NO6/c1-7(9(13)14)10(15)17-6-8(12)11-2-4-16-5-3-11/h1-6H2,(H,13,14). The molecule has 7 nitrogen and oxygen atoms in total. The van der Waals surface area contributed by atoms with Crippen LogP contribution in [0, 0.1) is 0 Å². The minimum absolute atomic E-state index is 0.375. The molecule has 0 aromatic heterocycles. The number of carbonyl (C=O) groups excluding carboxylic acids is 2. The summed E-state index contributed by atoms with van der Waals surface area (Å²) in [6.07, 6.45) is 0. The molecule has 0 aromatic rings. The predicted octanol–water partition coefficient (Wildman–Crippen LogP) is -0.971. The van der Waals surface area contributed by atoms with Gasteiger partial charge in [0.2, 0.25) is 0 Å². The van der Waals surface area contributed by atoms with Crippen LogP contribution in [0.4, 0.5) is 0 Å². The molecule has 1 rings (SSSR count). The van der Waals surface area contributed by atoms with Crippen molar-refractivity contribution in [2.24, 2.45) is 0 Å². The van der Waals surface area contributed by atoms with E-state index in [9.17, 15) is 14.4 Å². The molecule has 1 aliphatic heterocycles. The van der Waals surface area contributed by atoms with Gasteiger partial charge in [-0.25, -0.2) is 9.59 Å². The third-order valence-electron chi connectivity index (χ3n) is 2.20. The topological polar surface area (TPSA) is 93.1 Å². The molecule has 0 spiro atoms. The number of hydrogen-bond donors (Lipinski definition) is 1. The molecule has 0 atom stereocenters. The van der Waals surface area contributed by atoms with E-state index in [4.69, 9.17) is 9.84 Å². The van der Waals surface area contributed by atoms with Crippen LogP contribution in [0.25, 0.3) is 0 Å². The summed E-state index contributed by atoms with van der Waals surface area (Å²) >= 11 is 0. The first-order valence-corrected chi connectivity index (χ1v) is 4.97. The van der Waals surface area contributed by atoms with Gasteiger partial charge in [-0.1, -0.05) is 6.58 Å². The van der Waals surface area contributed by atoms with E-state index in [0.717, 1.165) is 0 Å². The molecule has 1 aliphatic rings. The quantitative estimate of drug-likeness (QED) is 0.295. The number of morpholine rings is 1. The van der Waals surface area contributed by atoms with Crippen molar-refractivity contribution in [2.75, 3.05) is 32.9 Å². The highest BCUT2D eigenvalue weighted by molar-refractivity contribution is 6.12. The minimum Gasteiger partial charge on any atom is -0.477 e. The van der Waals surface area contributed by atoms with Gasteiger partial charge in [-0.3, -0.25) is 4.79 Å². The van der Waals surface area contributed by atoms with Gasteiger partial charge in [0.05, 0.1) is 13.2 Å². The average Bonchev–Trinajstić information content (AvgIpc) is 2.35. The van der Waals surface area contributed by atoms with Crippen LogP contribution in [0.1, 0.15) is 0 Å². The van der Waals surface area contributed by atoms with Crippen LogP contribution >= 0.6 is 0 Å². The molecule has 7 heteroatoms. The van der Waals surface area contributed by atoms with Gasteiger partial charge in [0.25, 0.3) is 5.91 Å². The molecule has 94 valence electrons. The number of nitrogens with zero attached hydrogens (tertiary/aromatic N) is 1. The normalized spacial score (nSPS) is 15.2. The maximum absolute atomic E-state index is 11.5. The fourth-order valence-corrected chi connectivity index (χ4v) is 1.21. The SMILES string of the molecule is C=C(C(=O)O)C(=O)OCC(=O)N1CCOCC1. The van der Waals surface area contributed by atoms with E-state index in [1.54, 1.807) is 0 Å². The van der Waals surface area contributed by atoms with Crippen molar-refractivity contribution in [3.05, 3.63) is 12.2 Å². The first-order chi connectivity index (χ1) is 8.02. The second-order valence-corrected chi connectivity index (χ2v) is 3.35. The van der Waals surface area contributed by atoms with Crippen LogP contribution in [-0.2, 0) is 23.9 Å². The Kier molecular flexibility index (Phi) is 4.65. The smallest absolute Gasteiger partial charge is 0.345 e. The fraction of sp³-hybridized carbons (Fsp3) is 0.500. The number of carbonyl (C=O) groups is 3. The highest BCUT2D eigenvalue weighted by atomic mass is 16.5. The summed E-state index contributed by atoms with van der Waals surface area (Å²) in [6, 6.07) is 0. The second kappa shape index (κ2) is 6.00. The molecule has 0 saturated carbocycles. The first-order valence-electron chi connectivity index (χ1n) is 4.97. The van der Waals surface area contributed by atoms with Crippen LogP contribution in [-0.4, -0.2) is 60.8 Å². The van der Waals surface area contributed by atoms with Crippen LogP contribution < -0.4 is 0 Å². The Morgan fingerprint density at radius 2 is 1.88 bits per heavy atom. The zero-order valence-electron chi connectivity index (χ0n) is 9.18. The number of carboxylic acid groups (broad SMARTS) is 1. The van der Waals surface area contributed by atoms with Crippen LogP contribution in [0.15, 0.2) is 12.2 Å². The number of amides is 1. The molecule has 1 saturated heterocycles. The zero-order chi connectivity index (χ0) is 12.8.